The zero-order valence-corrected chi connectivity index (χ0v) is 17.4. The number of halogens is 3. The molecule has 4 heterocycles. The van der Waals surface area contributed by atoms with Gasteiger partial charge in [0.25, 0.3) is 0 Å². The van der Waals surface area contributed by atoms with Gasteiger partial charge in [-0.15, -0.1) is 0 Å². The minimum absolute atomic E-state index is 0.0459. The molecule has 8 nitrogen and oxygen atoms in total. The van der Waals surface area contributed by atoms with Crippen molar-refractivity contribution in [2.75, 3.05) is 26.3 Å². The highest BCUT2D eigenvalue weighted by molar-refractivity contribution is 5.73. The summed E-state index contributed by atoms with van der Waals surface area (Å²) in [4.78, 5) is 23.9. The number of alkyl halides is 3. The number of aromatic nitrogens is 3. The number of ether oxygens (including phenoxy) is 2. The number of carboxylic acid groups (broad SMARTS) is 1. The fourth-order valence-corrected chi connectivity index (χ4v) is 3.89. The average Bonchev–Trinajstić information content (AvgIpc) is 2.74. The Balaban J connectivity index is 0.000000360. The molecule has 1 atom stereocenters. The maximum absolute atomic E-state index is 10.6. The lowest BCUT2D eigenvalue weighted by atomic mass is 9.79. The van der Waals surface area contributed by atoms with E-state index in [-0.39, 0.29) is 5.60 Å². The number of pyridine rings is 1. The molecule has 2 aromatic heterocycles. The molecule has 11 heteroatoms. The minimum Gasteiger partial charge on any atom is -0.477 e. The van der Waals surface area contributed by atoms with E-state index in [2.05, 4.69) is 25.9 Å². The lowest BCUT2D eigenvalue weighted by Crippen LogP contribution is -2.64. The van der Waals surface area contributed by atoms with Gasteiger partial charge in [0.15, 0.2) is 0 Å². The number of aliphatic carboxylic acids is 1. The topological polar surface area (TPSA) is 97.7 Å². The van der Waals surface area contributed by atoms with Crippen molar-refractivity contribution in [2.45, 2.75) is 37.6 Å². The first-order chi connectivity index (χ1) is 15.3. The predicted octanol–water partition coefficient (Wildman–Crippen LogP) is 2.96. The highest BCUT2D eigenvalue weighted by Gasteiger charge is 2.47. The van der Waals surface area contributed by atoms with Gasteiger partial charge in [-0.2, -0.15) is 13.2 Å². The SMILES string of the molecule is O=C(O)C(F)(F)F.c1ccc(CN2CC3(CC(CCOc4cnccn4)CCO3)C2)nc1. The molecule has 1 spiro atoms. The van der Waals surface area contributed by atoms with Gasteiger partial charge in [0, 0.05) is 44.8 Å². The molecule has 2 aromatic rings. The molecule has 1 unspecified atom stereocenters. The molecule has 174 valence electrons. The summed E-state index contributed by atoms with van der Waals surface area (Å²) in [5.41, 5.74) is 1.17. The second kappa shape index (κ2) is 10.7. The third-order valence-electron chi connectivity index (χ3n) is 5.29. The number of likely N-dealkylation sites (tertiary alicyclic amines) is 1. The van der Waals surface area contributed by atoms with Crippen molar-refractivity contribution in [3.8, 4) is 5.88 Å². The molecule has 32 heavy (non-hydrogen) atoms. The van der Waals surface area contributed by atoms with Crippen LogP contribution in [0.3, 0.4) is 0 Å². The third kappa shape index (κ3) is 7.13. The summed E-state index contributed by atoms with van der Waals surface area (Å²) < 4.78 is 43.6. The van der Waals surface area contributed by atoms with Crippen LogP contribution < -0.4 is 4.74 Å². The first-order valence-electron chi connectivity index (χ1n) is 10.2. The van der Waals surface area contributed by atoms with Crippen LogP contribution in [0.1, 0.15) is 25.0 Å². The molecule has 2 aliphatic rings. The largest absolute Gasteiger partial charge is 0.490 e. The van der Waals surface area contributed by atoms with Crippen LogP contribution in [0.15, 0.2) is 43.0 Å². The normalized spacial score (nSPS) is 20.0. The molecule has 4 rings (SSSR count). The van der Waals surface area contributed by atoms with Crippen molar-refractivity contribution in [1.82, 2.24) is 19.9 Å². The van der Waals surface area contributed by atoms with Crippen molar-refractivity contribution < 1.29 is 32.5 Å². The summed E-state index contributed by atoms with van der Waals surface area (Å²) in [5, 5.41) is 7.12. The third-order valence-corrected chi connectivity index (χ3v) is 5.29. The maximum atomic E-state index is 10.6. The number of carbonyl (C=O) groups is 1. The van der Waals surface area contributed by atoms with Crippen molar-refractivity contribution in [1.29, 1.82) is 0 Å². The van der Waals surface area contributed by atoms with Crippen LogP contribution in [0.25, 0.3) is 0 Å². The Morgan fingerprint density at radius 2 is 2.03 bits per heavy atom. The Hall–Kier alpha value is -2.79. The molecule has 0 aliphatic carbocycles. The van der Waals surface area contributed by atoms with Crippen molar-refractivity contribution in [3.05, 3.63) is 48.7 Å². The van der Waals surface area contributed by atoms with Gasteiger partial charge >= 0.3 is 12.1 Å². The molecule has 0 saturated carbocycles. The first-order valence-corrected chi connectivity index (χ1v) is 10.2. The van der Waals surface area contributed by atoms with E-state index in [4.69, 9.17) is 19.4 Å². The van der Waals surface area contributed by atoms with E-state index in [0.717, 1.165) is 51.2 Å². The quantitative estimate of drug-likeness (QED) is 0.712. The highest BCUT2D eigenvalue weighted by Crippen LogP contribution is 2.38. The van der Waals surface area contributed by atoms with Crippen LogP contribution in [0.2, 0.25) is 0 Å². The van der Waals surface area contributed by atoms with E-state index in [9.17, 15) is 13.2 Å². The van der Waals surface area contributed by atoms with Gasteiger partial charge in [-0.05, 0) is 37.3 Å². The second-order valence-corrected chi connectivity index (χ2v) is 7.84. The predicted molar refractivity (Wildman–Crippen MR) is 107 cm³/mol. The Labute approximate surface area is 183 Å². The van der Waals surface area contributed by atoms with E-state index in [0.29, 0.717) is 18.4 Å². The van der Waals surface area contributed by atoms with Gasteiger partial charge in [-0.1, -0.05) is 6.07 Å². The lowest BCUT2D eigenvalue weighted by molar-refractivity contribution is -0.192. The monoisotopic (exact) mass is 454 g/mol. The standard InChI is InChI=1S/C19H24N4O2.C2HF3O2/c1-2-6-21-17(3-1)13-23-14-19(15-23)11-16(5-10-25-19)4-9-24-18-12-20-7-8-22-18;3-2(4,5)1(6)7/h1-3,6-8,12,16H,4-5,9-11,13-15H2;(H,6,7). The van der Waals surface area contributed by atoms with Crippen LogP contribution in [0.5, 0.6) is 5.88 Å². The molecule has 0 aromatic carbocycles. The molecule has 0 radical (unpaired) electrons. The summed E-state index contributed by atoms with van der Waals surface area (Å²) in [6.07, 6.45) is 5.02. The van der Waals surface area contributed by atoms with Crippen molar-refractivity contribution >= 4 is 5.97 Å². The zero-order chi connectivity index (χ0) is 23.0. The minimum atomic E-state index is -5.08. The van der Waals surface area contributed by atoms with Gasteiger partial charge in [-0.3, -0.25) is 14.9 Å². The number of carboxylic acids is 1. The van der Waals surface area contributed by atoms with Gasteiger partial charge in [0.1, 0.15) is 0 Å². The summed E-state index contributed by atoms with van der Waals surface area (Å²) in [5.74, 6) is -1.50. The van der Waals surface area contributed by atoms with Crippen LogP contribution >= 0.6 is 0 Å². The van der Waals surface area contributed by atoms with Gasteiger partial charge in [0.05, 0.1) is 24.1 Å². The van der Waals surface area contributed by atoms with Gasteiger partial charge < -0.3 is 14.6 Å². The second-order valence-electron chi connectivity index (χ2n) is 7.84. The maximum Gasteiger partial charge on any atom is 0.490 e. The first kappa shape index (κ1) is 23.9. The van der Waals surface area contributed by atoms with Crippen LogP contribution in [0.4, 0.5) is 13.2 Å². The Morgan fingerprint density at radius 1 is 1.25 bits per heavy atom. The average molecular weight is 454 g/mol. The van der Waals surface area contributed by atoms with Gasteiger partial charge in [-0.25, -0.2) is 9.78 Å². The van der Waals surface area contributed by atoms with Crippen molar-refractivity contribution in [2.24, 2.45) is 5.92 Å². The summed E-state index contributed by atoms with van der Waals surface area (Å²) in [6.45, 7) is 4.47. The zero-order valence-electron chi connectivity index (χ0n) is 17.4. The Kier molecular flexibility index (Phi) is 7.97. The molecule has 1 N–H and O–H groups in total. The molecule has 2 fully saturated rings. The smallest absolute Gasteiger partial charge is 0.477 e. The van der Waals surface area contributed by atoms with Gasteiger partial charge in [0.2, 0.25) is 5.88 Å². The fourth-order valence-electron chi connectivity index (χ4n) is 3.89. The summed E-state index contributed by atoms with van der Waals surface area (Å²) in [6, 6.07) is 6.08. The fraction of sp³-hybridized carbons (Fsp3) is 0.524. The highest BCUT2D eigenvalue weighted by atomic mass is 19.4. The molecule has 0 amide bonds. The van der Waals surface area contributed by atoms with E-state index in [1.165, 1.54) is 0 Å². The van der Waals surface area contributed by atoms with Crippen molar-refractivity contribution in [3.63, 3.8) is 0 Å². The molecule has 0 bridgehead atoms. The van der Waals surface area contributed by atoms with E-state index < -0.39 is 12.1 Å². The Morgan fingerprint density at radius 3 is 2.66 bits per heavy atom. The van der Waals surface area contributed by atoms with E-state index in [1.54, 1.807) is 18.6 Å². The number of nitrogens with zero attached hydrogens (tertiary/aromatic N) is 4. The molecule has 2 saturated heterocycles. The van der Waals surface area contributed by atoms with Crippen LogP contribution in [-0.4, -0.2) is 69.0 Å². The van der Waals surface area contributed by atoms with E-state index >= 15 is 0 Å². The summed E-state index contributed by atoms with van der Waals surface area (Å²) >= 11 is 0. The van der Waals surface area contributed by atoms with Crippen LogP contribution in [-0.2, 0) is 16.1 Å². The lowest BCUT2D eigenvalue weighted by Gasteiger charge is -2.53. The summed E-state index contributed by atoms with van der Waals surface area (Å²) in [7, 11) is 0. The number of hydrogen-bond donors (Lipinski definition) is 1. The van der Waals surface area contributed by atoms with Crippen LogP contribution in [0, 0.1) is 5.92 Å². The molecular formula is C21H25F3N4O4. The van der Waals surface area contributed by atoms with E-state index in [1.807, 2.05) is 18.3 Å². The number of rotatable bonds is 6. The molecule has 2 aliphatic heterocycles. The molecular weight excluding hydrogens is 429 g/mol. The Bertz CT molecular complexity index is 849. The number of hydrogen-bond acceptors (Lipinski definition) is 7.